The highest BCUT2D eigenvalue weighted by Crippen LogP contribution is 2.28. The first-order valence-corrected chi connectivity index (χ1v) is 16.4. The molecule has 9 N–H and O–H groups in total. The fraction of sp³-hybridized carbons (Fsp3) is 0.606. The average molecular weight is 675 g/mol. The molecule has 0 aliphatic carbocycles. The van der Waals surface area contributed by atoms with Crippen molar-refractivity contribution in [3.05, 3.63) is 35.9 Å². The van der Waals surface area contributed by atoms with Crippen LogP contribution in [0.2, 0.25) is 0 Å². The number of amides is 2. The van der Waals surface area contributed by atoms with E-state index in [0.29, 0.717) is 25.7 Å². The number of ether oxygens (including phenoxy) is 1. The van der Waals surface area contributed by atoms with E-state index < -0.39 is 42.5 Å². The summed E-state index contributed by atoms with van der Waals surface area (Å²) in [7, 11) is 0. The lowest BCUT2D eigenvalue weighted by Gasteiger charge is -2.30. The van der Waals surface area contributed by atoms with Gasteiger partial charge in [0.1, 0.15) is 13.3 Å². The number of alkyl carbamates (subject to hydrolysis) is 1. The van der Waals surface area contributed by atoms with Crippen LogP contribution in [0.3, 0.4) is 0 Å². The van der Waals surface area contributed by atoms with Crippen molar-refractivity contribution in [1.29, 1.82) is 0 Å². The summed E-state index contributed by atoms with van der Waals surface area (Å²) in [5.41, 5.74) is 22.4. The zero-order valence-electron chi connectivity index (χ0n) is 27.9. The molecular weight excluding hydrogens is 623 g/mol. The Bertz CT molecular complexity index is 1280. The average Bonchev–Trinajstić information content (AvgIpc) is 3.55. The van der Waals surface area contributed by atoms with E-state index in [1.165, 1.54) is 4.90 Å². The molecule has 0 radical (unpaired) electrons. The SMILES string of the molecule is CC(C)[C@H](NC(=O)OCc1ccccc1)C(=O)C[C@@H](CCCN=C(N)N)C(=O)N1CCC[C@H]1C(=O)C[C@@H](CCCN=C(N)N)C(=O)CF. The summed E-state index contributed by atoms with van der Waals surface area (Å²) in [5.74, 6) is -4.01. The maximum atomic E-state index is 14.0. The molecule has 1 aliphatic heterocycles. The molecule has 0 spiro atoms. The highest BCUT2D eigenvalue weighted by molar-refractivity contribution is 5.96. The van der Waals surface area contributed by atoms with Gasteiger partial charge in [-0.2, -0.15) is 0 Å². The Morgan fingerprint density at radius 3 is 2.08 bits per heavy atom. The van der Waals surface area contributed by atoms with E-state index in [4.69, 9.17) is 27.7 Å². The number of carbonyl (C=O) groups excluding carboxylic acids is 5. The van der Waals surface area contributed by atoms with Crippen LogP contribution >= 0.6 is 0 Å². The first-order valence-electron chi connectivity index (χ1n) is 16.4. The molecule has 0 unspecified atom stereocenters. The number of hydrogen-bond acceptors (Lipinski definition) is 8. The third-order valence-corrected chi connectivity index (χ3v) is 8.25. The predicted molar refractivity (Wildman–Crippen MR) is 180 cm³/mol. The van der Waals surface area contributed by atoms with Gasteiger partial charge < -0.3 is 37.9 Å². The Balaban J connectivity index is 2.17. The summed E-state index contributed by atoms with van der Waals surface area (Å²) in [4.78, 5) is 75.4. The second-order valence-electron chi connectivity index (χ2n) is 12.3. The lowest BCUT2D eigenvalue weighted by atomic mass is 9.88. The highest BCUT2D eigenvalue weighted by Gasteiger charge is 2.39. The molecule has 0 saturated carbocycles. The third kappa shape index (κ3) is 13.7. The van der Waals surface area contributed by atoms with Crippen LogP contribution in [0, 0.1) is 17.8 Å². The van der Waals surface area contributed by atoms with Crippen LogP contribution < -0.4 is 28.3 Å². The van der Waals surface area contributed by atoms with Gasteiger partial charge in [-0.15, -0.1) is 0 Å². The van der Waals surface area contributed by atoms with E-state index in [1.807, 2.05) is 18.2 Å². The number of nitrogens with zero attached hydrogens (tertiary/aromatic N) is 3. The minimum atomic E-state index is -1.21. The number of halogens is 1. The molecule has 0 bridgehead atoms. The van der Waals surface area contributed by atoms with Gasteiger partial charge in [-0.1, -0.05) is 44.2 Å². The third-order valence-electron chi connectivity index (χ3n) is 8.25. The maximum absolute atomic E-state index is 14.0. The van der Waals surface area contributed by atoms with Crippen molar-refractivity contribution in [3.8, 4) is 0 Å². The van der Waals surface area contributed by atoms with Gasteiger partial charge in [0.05, 0.1) is 12.1 Å². The van der Waals surface area contributed by atoms with Crippen molar-refractivity contribution in [2.45, 2.75) is 83.9 Å². The number of Topliss-reactive ketones (excluding diaryl/α,β-unsaturated/α-hetero) is 3. The van der Waals surface area contributed by atoms with Gasteiger partial charge >= 0.3 is 6.09 Å². The number of likely N-dealkylation sites (tertiary alicyclic amines) is 1. The minimum Gasteiger partial charge on any atom is -0.445 e. The molecule has 1 aromatic carbocycles. The fourth-order valence-corrected chi connectivity index (χ4v) is 5.75. The Kier molecular flexibility index (Phi) is 17.0. The Labute approximate surface area is 281 Å². The van der Waals surface area contributed by atoms with Gasteiger partial charge in [-0.25, -0.2) is 9.18 Å². The van der Waals surface area contributed by atoms with Crippen LogP contribution in [-0.4, -0.2) is 84.6 Å². The highest BCUT2D eigenvalue weighted by atomic mass is 19.1. The van der Waals surface area contributed by atoms with Crippen molar-refractivity contribution in [1.82, 2.24) is 10.2 Å². The molecule has 0 aromatic heterocycles. The Morgan fingerprint density at radius 1 is 0.917 bits per heavy atom. The number of alkyl halides is 1. The van der Waals surface area contributed by atoms with Crippen LogP contribution in [0.5, 0.6) is 0 Å². The summed E-state index contributed by atoms with van der Waals surface area (Å²) in [6.45, 7) is 3.11. The molecule has 1 heterocycles. The summed E-state index contributed by atoms with van der Waals surface area (Å²) in [6.07, 6.45) is 0.962. The number of benzene rings is 1. The van der Waals surface area contributed by atoms with Gasteiger partial charge in [0.15, 0.2) is 29.3 Å². The van der Waals surface area contributed by atoms with Crippen molar-refractivity contribution >= 4 is 41.3 Å². The number of hydrogen-bond donors (Lipinski definition) is 5. The van der Waals surface area contributed by atoms with Crippen LogP contribution in [0.15, 0.2) is 40.3 Å². The van der Waals surface area contributed by atoms with Crippen molar-refractivity contribution in [2.75, 3.05) is 26.3 Å². The number of ketones is 3. The first-order chi connectivity index (χ1) is 22.8. The van der Waals surface area contributed by atoms with E-state index in [2.05, 4.69) is 15.3 Å². The molecule has 1 aromatic rings. The molecule has 15 heteroatoms. The zero-order chi connectivity index (χ0) is 35.6. The number of nitrogens with two attached hydrogens (primary N) is 4. The van der Waals surface area contributed by atoms with Crippen LogP contribution in [-0.2, 0) is 30.5 Å². The fourth-order valence-electron chi connectivity index (χ4n) is 5.75. The number of guanidine groups is 2. The molecule has 14 nitrogen and oxygen atoms in total. The quantitative estimate of drug-likeness (QED) is 0.0719. The topological polar surface area (TPSA) is 239 Å². The van der Waals surface area contributed by atoms with Gasteiger partial charge in [0.25, 0.3) is 0 Å². The molecule has 1 saturated heterocycles. The minimum absolute atomic E-state index is 0.0238. The second-order valence-corrected chi connectivity index (χ2v) is 12.3. The maximum Gasteiger partial charge on any atom is 0.408 e. The second kappa shape index (κ2) is 20.6. The van der Waals surface area contributed by atoms with E-state index in [-0.39, 0.29) is 87.2 Å². The normalized spacial score (nSPS) is 16.0. The Morgan fingerprint density at radius 2 is 1.52 bits per heavy atom. The molecule has 2 amide bonds. The first kappa shape index (κ1) is 39.6. The molecule has 1 aliphatic rings. The molecule has 266 valence electrons. The molecular formula is C33H51FN8O6. The van der Waals surface area contributed by atoms with E-state index >= 15 is 0 Å². The number of rotatable bonds is 21. The lowest BCUT2D eigenvalue weighted by molar-refractivity contribution is -0.143. The van der Waals surface area contributed by atoms with Gasteiger partial charge in [-0.05, 0) is 50.0 Å². The van der Waals surface area contributed by atoms with Crippen molar-refractivity contribution in [2.24, 2.45) is 50.7 Å². The summed E-state index contributed by atoms with van der Waals surface area (Å²) >= 11 is 0. The summed E-state index contributed by atoms with van der Waals surface area (Å²) < 4.78 is 18.7. The van der Waals surface area contributed by atoms with Crippen LogP contribution in [0.1, 0.15) is 70.8 Å². The molecule has 48 heavy (non-hydrogen) atoms. The van der Waals surface area contributed by atoms with Gasteiger partial charge in [0, 0.05) is 44.3 Å². The monoisotopic (exact) mass is 674 g/mol. The predicted octanol–water partition coefficient (Wildman–Crippen LogP) is 1.73. The van der Waals surface area contributed by atoms with Gasteiger partial charge in [-0.3, -0.25) is 29.2 Å². The molecule has 1 fully saturated rings. The van der Waals surface area contributed by atoms with Crippen LogP contribution in [0.25, 0.3) is 0 Å². The van der Waals surface area contributed by atoms with Gasteiger partial charge in [0.2, 0.25) is 5.91 Å². The lowest BCUT2D eigenvalue weighted by Crippen LogP contribution is -2.48. The molecule has 2 rings (SSSR count). The molecule has 4 atom stereocenters. The largest absolute Gasteiger partial charge is 0.445 e. The van der Waals surface area contributed by atoms with Crippen LogP contribution in [0.4, 0.5) is 9.18 Å². The summed E-state index contributed by atoms with van der Waals surface area (Å²) in [5, 5.41) is 2.65. The van der Waals surface area contributed by atoms with E-state index in [1.54, 1.807) is 26.0 Å². The standard InChI is InChI=1S/C33H51FN8O6/c1-21(2)29(41-33(47)48-20-22-9-4-3-5-10-22)27(44)18-24(12-7-15-40-32(37)38)30(46)42-16-8-13-25(42)26(43)17-23(28(45)19-34)11-6-14-39-31(35)36/h3-5,9-10,21,23-25,29H,6-8,11-20H2,1-2H3,(H,41,47)(H4,35,36,39)(H4,37,38,40)/t23-,24-,25+,29+/m1/s1. The van der Waals surface area contributed by atoms with E-state index in [9.17, 15) is 28.4 Å². The van der Waals surface area contributed by atoms with Crippen molar-refractivity contribution < 1.29 is 33.1 Å². The number of nitrogens with one attached hydrogen (secondary N) is 1. The Hall–Kier alpha value is -4.56. The zero-order valence-corrected chi connectivity index (χ0v) is 27.9. The number of carbonyl (C=O) groups is 5. The smallest absolute Gasteiger partial charge is 0.408 e. The van der Waals surface area contributed by atoms with Crippen molar-refractivity contribution in [3.63, 3.8) is 0 Å². The van der Waals surface area contributed by atoms with E-state index in [0.717, 1.165) is 5.56 Å². The summed E-state index contributed by atoms with van der Waals surface area (Å²) in [6, 6.07) is 7.35. The number of aliphatic imine (C=N–C) groups is 2.